The van der Waals surface area contributed by atoms with Crippen LogP contribution in [0.15, 0.2) is 0 Å². The van der Waals surface area contributed by atoms with Gasteiger partial charge < -0.3 is 19.3 Å². The van der Waals surface area contributed by atoms with Crippen molar-refractivity contribution in [1.29, 1.82) is 0 Å². The molecule has 2 aliphatic rings. The van der Waals surface area contributed by atoms with Gasteiger partial charge in [0.1, 0.15) is 5.60 Å². The predicted molar refractivity (Wildman–Crippen MR) is 91.9 cm³/mol. The van der Waals surface area contributed by atoms with E-state index in [1.807, 2.05) is 20.8 Å². The topological polar surface area (TPSA) is 76.2 Å². The van der Waals surface area contributed by atoms with Gasteiger partial charge in [0.25, 0.3) is 0 Å². The Morgan fingerprint density at radius 3 is 2.08 bits per heavy atom. The molecule has 2 fully saturated rings. The molecule has 0 aromatic rings. The summed E-state index contributed by atoms with van der Waals surface area (Å²) in [6, 6.07) is 0. The van der Waals surface area contributed by atoms with Crippen LogP contribution in [0.1, 0.15) is 46.5 Å². The average Bonchev–Trinajstić information content (AvgIpc) is 2.59. The summed E-state index contributed by atoms with van der Waals surface area (Å²) >= 11 is 0. The minimum atomic E-state index is -0.547. The monoisotopic (exact) mass is 354 g/mol. The number of carbonyl (C=O) groups is 3. The number of likely N-dealkylation sites (tertiary alicyclic amines) is 2. The molecule has 2 atom stereocenters. The van der Waals surface area contributed by atoms with Gasteiger partial charge in [0.05, 0.1) is 18.9 Å². The van der Waals surface area contributed by atoms with Crippen molar-refractivity contribution in [2.75, 3.05) is 33.3 Å². The third-order valence-corrected chi connectivity index (χ3v) is 4.69. The second-order valence-corrected chi connectivity index (χ2v) is 7.91. The van der Waals surface area contributed by atoms with Gasteiger partial charge in [-0.25, -0.2) is 4.79 Å². The lowest BCUT2D eigenvalue weighted by molar-refractivity contribution is -0.150. The second kappa shape index (κ2) is 8.06. The number of ether oxygens (including phenoxy) is 2. The number of carbonyl (C=O) groups excluding carboxylic acids is 3. The van der Waals surface area contributed by atoms with Crippen LogP contribution in [0.5, 0.6) is 0 Å². The minimum Gasteiger partial charge on any atom is -0.469 e. The van der Waals surface area contributed by atoms with Gasteiger partial charge in [-0.2, -0.15) is 0 Å². The summed E-state index contributed by atoms with van der Waals surface area (Å²) in [6.45, 7) is 7.56. The second-order valence-electron chi connectivity index (χ2n) is 7.91. The summed E-state index contributed by atoms with van der Waals surface area (Å²) in [5.41, 5.74) is -0.547. The Morgan fingerprint density at radius 2 is 1.48 bits per heavy atom. The largest absolute Gasteiger partial charge is 0.469 e. The lowest BCUT2D eigenvalue weighted by Crippen LogP contribution is -2.50. The zero-order valence-electron chi connectivity index (χ0n) is 15.7. The Morgan fingerprint density at radius 1 is 0.920 bits per heavy atom. The highest BCUT2D eigenvalue weighted by molar-refractivity contribution is 5.81. The third-order valence-electron chi connectivity index (χ3n) is 4.69. The van der Waals surface area contributed by atoms with Crippen molar-refractivity contribution in [2.45, 2.75) is 52.1 Å². The van der Waals surface area contributed by atoms with E-state index in [0.29, 0.717) is 26.2 Å². The highest BCUT2D eigenvalue weighted by Gasteiger charge is 2.36. The lowest BCUT2D eigenvalue weighted by Gasteiger charge is -2.38. The molecule has 2 rings (SSSR count). The van der Waals surface area contributed by atoms with E-state index in [4.69, 9.17) is 9.47 Å². The van der Waals surface area contributed by atoms with Crippen molar-refractivity contribution in [2.24, 2.45) is 11.8 Å². The van der Waals surface area contributed by atoms with Gasteiger partial charge in [-0.1, -0.05) is 0 Å². The molecule has 0 bridgehead atoms. The molecule has 2 amide bonds. The van der Waals surface area contributed by atoms with Crippen molar-refractivity contribution >= 4 is 18.0 Å². The van der Waals surface area contributed by atoms with Gasteiger partial charge in [0, 0.05) is 26.2 Å². The summed E-state index contributed by atoms with van der Waals surface area (Å²) in [5.74, 6) is -0.690. The van der Waals surface area contributed by atoms with Crippen LogP contribution >= 0.6 is 0 Å². The van der Waals surface area contributed by atoms with Crippen molar-refractivity contribution in [3.63, 3.8) is 0 Å². The fourth-order valence-electron chi connectivity index (χ4n) is 3.47. The minimum absolute atomic E-state index is 0.0295. The number of amides is 2. The van der Waals surface area contributed by atoms with Crippen molar-refractivity contribution in [3.05, 3.63) is 0 Å². The molecule has 7 heteroatoms. The first-order valence-electron chi connectivity index (χ1n) is 9.06. The van der Waals surface area contributed by atoms with Crippen LogP contribution in [0.3, 0.4) is 0 Å². The van der Waals surface area contributed by atoms with Gasteiger partial charge in [0.2, 0.25) is 5.91 Å². The summed E-state index contributed by atoms with van der Waals surface area (Å²) in [4.78, 5) is 40.3. The van der Waals surface area contributed by atoms with Crippen molar-refractivity contribution in [3.8, 4) is 0 Å². The fraction of sp³-hybridized carbons (Fsp3) is 0.833. The molecule has 25 heavy (non-hydrogen) atoms. The zero-order chi connectivity index (χ0) is 18.6. The first-order chi connectivity index (χ1) is 11.7. The molecule has 0 aromatic carbocycles. The summed E-state index contributed by atoms with van der Waals surface area (Å²) < 4.78 is 10.2. The SMILES string of the molecule is COC(=O)[C@@H]1CCCN(C(=O)[C@@H]2CCCN(C(=O)OC(C)(C)C)C2)C1. The molecule has 0 unspecified atom stereocenters. The van der Waals surface area contributed by atoms with E-state index in [9.17, 15) is 14.4 Å². The summed E-state index contributed by atoms with van der Waals surface area (Å²) in [5, 5.41) is 0. The Bertz CT molecular complexity index is 514. The van der Waals surface area contributed by atoms with Crippen LogP contribution in [-0.4, -0.2) is 66.7 Å². The lowest BCUT2D eigenvalue weighted by atomic mass is 9.93. The maximum absolute atomic E-state index is 12.9. The molecular formula is C18H30N2O5. The zero-order valence-corrected chi connectivity index (χ0v) is 15.7. The van der Waals surface area contributed by atoms with E-state index >= 15 is 0 Å². The van der Waals surface area contributed by atoms with Gasteiger partial charge in [-0.05, 0) is 46.5 Å². The Balaban J connectivity index is 1.94. The molecule has 2 aliphatic heterocycles. The molecule has 0 N–H and O–H groups in total. The van der Waals surface area contributed by atoms with Crippen molar-refractivity contribution in [1.82, 2.24) is 9.80 Å². The molecule has 142 valence electrons. The van der Waals surface area contributed by atoms with E-state index in [-0.39, 0.29) is 29.8 Å². The van der Waals surface area contributed by atoms with Crippen LogP contribution in [0.25, 0.3) is 0 Å². The first-order valence-corrected chi connectivity index (χ1v) is 9.06. The number of esters is 1. The van der Waals surface area contributed by atoms with Gasteiger partial charge in [-0.15, -0.1) is 0 Å². The average molecular weight is 354 g/mol. The maximum atomic E-state index is 12.9. The standard InChI is InChI=1S/C18H30N2O5/c1-18(2,3)25-17(23)20-10-5-7-13(11-20)15(21)19-9-6-8-14(12-19)16(22)24-4/h13-14H,5-12H2,1-4H3/t13-,14-/m1/s1. The Kier molecular flexibility index (Phi) is 6.30. The molecule has 2 heterocycles. The van der Waals surface area contributed by atoms with E-state index in [1.165, 1.54) is 7.11 Å². The number of hydrogen-bond acceptors (Lipinski definition) is 5. The van der Waals surface area contributed by atoms with Crippen LogP contribution in [0, 0.1) is 11.8 Å². The van der Waals surface area contributed by atoms with E-state index in [0.717, 1.165) is 25.7 Å². The summed E-state index contributed by atoms with van der Waals surface area (Å²) in [7, 11) is 1.38. The normalized spacial score (nSPS) is 24.6. The van der Waals surface area contributed by atoms with Crippen LogP contribution in [0.2, 0.25) is 0 Å². The first kappa shape index (κ1) is 19.5. The van der Waals surface area contributed by atoms with Crippen LogP contribution in [-0.2, 0) is 19.1 Å². The maximum Gasteiger partial charge on any atom is 0.410 e. The molecule has 0 saturated carbocycles. The van der Waals surface area contributed by atoms with E-state index in [2.05, 4.69) is 0 Å². The predicted octanol–water partition coefficient (Wildman–Crippen LogP) is 2.05. The number of nitrogens with zero attached hydrogens (tertiary/aromatic N) is 2. The highest BCUT2D eigenvalue weighted by atomic mass is 16.6. The van der Waals surface area contributed by atoms with E-state index in [1.54, 1.807) is 9.80 Å². The van der Waals surface area contributed by atoms with Gasteiger partial charge >= 0.3 is 12.1 Å². The molecule has 0 radical (unpaired) electrons. The Labute approximate surface area is 149 Å². The number of methoxy groups -OCH3 is 1. The molecule has 7 nitrogen and oxygen atoms in total. The van der Waals surface area contributed by atoms with Crippen LogP contribution < -0.4 is 0 Å². The smallest absolute Gasteiger partial charge is 0.410 e. The molecule has 0 spiro atoms. The summed E-state index contributed by atoms with van der Waals surface area (Å²) in [6.07, 6.45) is 2.73. The van der Waals surface area contributed by atoms with Gasteiger partial charge in [-0.3, -0.25) is 9.59 Å². The number of hydrogen-bond donors (Lipinski definition) is 0. The molecule has 0 aliphatic carbocycles. The van der Waals surface area contributed by atoms with E-state index < -0.39 is 5.60 Å². The van der Waals surface area contributed by atoms with Crippen LogP contribution in [0.4, 0.5) is 4.79 Å². The van der Waals surface area contributed by atoms with Gasteiger partial charge in [0.15, 0.2) is 0 Å². The molecule has 2 saturated heterocycles. The highest BCUT2D eigenvalue weighted by Crippen LogP contribution is 2.24. The third kappa shape index (κ3) is 5.34. The molecule has 0 aromatic heterocycles. The number of piperidine rings is 2. The Hall–Kier alpha value is -1.79. The molecular weight excluding hydrogens is 324 g/mol. The quantitative estimate of drug-likeness (QED) is 0.709. The fourth-order valence-corrected chi connectivity index (χ4v) is 3.47. The van der Waals surface area contributed by atoms with Crippen molar-refractivity contribution < 1.29 is 23.9 Å². The number of rotatable bonds is 2.